The highest BCUT2D eigenvalue weighted by Crippen LogP contribution is 2.35. The van der Waals surface area contributed by atoms with Gasteiger partial charge in [0.05, 0.1) is 6.61 Å². The lowest BCUT2D eigenvalue weighted by atomic mass is 10.0. The minimum atomic E-state index is -1.28. The number of aliphatic hydroxyl groups excluding tert-OH is 1. The maximum Gasteiger partial charge on any atom is 0.304 e. The van der Waals surface area contributed by atoms with Crippen LogP contribution in [0.15, 0.2) is 30.3 Å². The zero-order valence-electron chi connectivity index (χ0n) is 16.4. The highest BCUT2D eigenvalue weighted by molar-refractivity contribution is 5.80. The van der Waals surface area contributed by atoms with Gasteiger partial charge in [0, 0.05) is 0 Å². The molecule has 0 bridgehead atoms. The number of hydrogen-bond acceptors (Lipinski definition) is 8. The van der Waals surface area contributed by atoms with Gasteiger partial charge in [-0.05, 0) is 33.3 Å². The molecule has 4 atom stereocenters. The van der Waals surface area contributed by atoms with Gasteiger partial charge in [-0.1, -0.05) is 35.6 Å². The molecule has 1 aromatic rings. The van der Waals surface area contributed by atoms with E-state index >= 15 is 0 Å². The van der Waals surface area contributed by atoms with Crippen LogP contribution in [0.2, 0.25) is 0 Å². The van der Waals surface area contributed by atoms with Gasteiger partial charge >= 0.3 is 5.91 Å². The second-order valence-corrected chi connectivity index (χ2v) is 7.75. The van der Waals surface area contributed by atoms with Crippen molar-refractivity contribution >= 4 is 5.91 Å². The van der Waals surface area contributed by atoms with Gasteiger partial charge in [0.15, 0.2) is 17.7 Å². The predicted molar refractivity (Wildman–Crippen MR) is 94.6 cm³/mol. The Morgan fingerprint density at radius 1 is 1.18 bits per heavy atom. The van der Waals surface area contributed by atoms with E-state index in [0.29, 0.717) is 0 Å². The van der Waals surface area contributed by atoms with Crippen molar-refractivity contribution in [2.75, 3.05) is 6.61 Å². The summed E-state index contributed by atoms with van der Waals surface area (Å²) in [5.41, 5.74) is 0.772. The monoisotopic (exact) mass is 397 g/mol. The number of aliphatic hydroxyl groups is 1. The molecule has 2 N–H and O–H groups in total. The molecule has 1 aromatic carbocycles. The van der Waals surface area contributed by atoms with Crippen molar-refractivity contribution < 1.29 is 38.9 Å². The van der Waals surface area contributed by atoms with E-state index in [4.69, 9.17) is 23.8 Å². The van der Waals surface area contributed by atoms with Crippen molar-refractivity contribution in [3.63, 3.8) is 0 Å². The first-order chi connectivity index (χ1) is 13.1. The number of carbonyl (C=O) groups is 1. The number of ether oxygens (including phenoxy) is 4. The average Bonchev–Trinajstić information content (AvgIpc) is 3.17. The second-order valence-electron chi connectivity index (χ2n) is 7.75. The van der Waals surface area contributed by atoms with E-state index in [1.165, 1.54) is 0 Å². The number of hydroxylamine groups is 2. The van der Waals surface area contributed by atoms with Crippen LogP contribution in [-0.2, 0) is 35.2 Å². The number of amides is 1. The summed E-state index contributed by atoms with van der Waals surface area (Å²) in [5, 5.41) is 20.9. The summed E-state index contributed by atoms with van der Waals surface area (Å²) in [7, 11) is 0. The third-order valence-corrected chi connectivity index (χ3v) is 4.51. The molecule has 0 unspecified atom stereocenters. The van der Waals surface area contributed by atoms with E-state index in [0.717, 1.165) is 5.56 Å². The highest BCUT2D eigenvalue weighted by atomic mass is 16.9. The lowest BCUT2D eigenvalue weighted by molar-refractivity contribution is -0.326. The van der Waals surface area contributed by atoms with Crippen LogP contribution >= 0.6 is 0 Å². The molecule has 2 fully saturated rings. The van der Waals surface area contributed by atoms with Gasteiger partial charge in [-0.25, -0.2) is 4.84 Å². The van der Waals surface area contributed by atoms with Crippen LogP contribution in [0, 0.1) is 0 Å². The van der Waals surface area contributed by atoms with Gasteiger partial charge in [0.1, 0.15) is 24.9 Å². The third-order valence-electron chi connectivity index (χ3n) is 4.51. The molecule has 156 valence electrons. The molecule has 0 saturated carbocycles. The van der Waals surface area contributed by atoms with Crippen LogP contribution in [0.5, 0.6) is 0 Å². The highest BCUT2D eigenvalue weighted by Gasteiger charge is 2.53. The zero-order chi connectivity index (χ0) is 20.5. The molecular weight excluding hydrogens is 370 g/mol. The van der Waals surface area contributed by atoms with Crippen LogP contribution in [-0.4, -0.2) is 64.0 Å². The van der Waals surface area contributed by atoms with Crippen molar-refractivity contribution in [2.45, 2.75) is 70.3 Å². The number of benzene rings is 1. The molecule has 2 saturated heterocycles. The number of hydrogen-bond donors (Lipinski definition) is 2. The SMILES string of the molecule is CC1(C)O[C@@H]([C@H](O)[C@H]2COC(C)(C)O2)[C@@H](C(=O)N(O)OCc2ccccc2)O1. The molecule has 1 amide bonds. The molecular formula is C19H27NO8. The maximum absolute atomic E-state index is 12.7. The zero-order valence-corrected chi connectivity index (χ0v) is 16.4. The molecule has 28 heavy (non-hydrogen) atoms. The van der Waals surface area contributed by atoms with E-state index in [9.17, 15) is 15.1 Å². The second kappa shape index (κ2) is 8.03. The summed E-state index contributed by atoms with van der Waals surface area (Å²) in [6.07, 6.45) is -4.26. The minimum Gasteiger partial charge on any atom is -0.387 e. The molecule has 2 heterocycles. The van der Waals surface area contributed by atoms with E-state index in [1.54, 1.807) is 39.8 Å². The van der Waals surface area contributed by atoms with E-state index in [-0.39, 0.29) is 18.4 Å². The van der Waals surface area contributed by atoms with Crippen molar-refractivity contribution in [3.8, 4) is 0 Å². The van der Waals surface area contributed by atoms with Gasteiger partial charge in [-0.3, -0.25) is 10.0 Å². The Bertz CT molecular complexity index is 680. The van der Waals surface area contributed by atoms with Gasteiger partial charge in [-0.2, -0.15) is 0 Å². The number of carbonyl (C=O) groups excluding carboxylic acids is 1. The first-order valence-corrected chi connectivity index (χ1v) is 9.13. The van der Waals surface area contributed by atoms with Crippen molar-refractivity contribution in [1.82, 2.24) is 5.23 Å². The summed E-state index contributed by atoms with van der Waals surface area (Å²) in [5.74, 6) is -2.87. The van der Waals surface area contributed by atoms with Gasteiger partial charge in [-0.15, -0.1) is 0 Å². The topological polar surface area (TPSA) is 107 Å². The first-order valence-electron chi connectivity index (χ1n) is 9.13. The Balaban J connectivity index is 1.66. The molecule has 0 aromatic heterocycles. The lowest BCUT2D eigenvalue weighted by Crippen LogP contribution is -2.50. The largest absolute Gasteiger partial charge is 0.387 e. The molecule has 3 rings (SSSR count). The van der Waals surface area contributed by atoms with Crippen molar-refractivity contribution in [2.24, 2.45) is 0 Å². The normalized spacial score (nSPS) is 29.6. The Hall–Kier alpha value is -1.59. The molecule has 9 heteroatoms. The summed E-state index contributed by atoms with van der Waals surface area (Å²) >= 11 is 0. The molecule has 0 aliphatic carbocycles. The molecule has 0 spiro atoms. The van der Waals surface area contributed by atoms with Crippen molar-refractivity contribution in [3.05, 3.63) is 35.9 Å². The minimum absolute atomic E-state index is 0.0129. The predicted octanol–water partition coefficient (Wildman–Crippen LogP) is 1.37. The summed E-state index contributed by atoms with van der Waals surface area (Å²) in [6, 6.07) is 9.07. The lowest BCUT2D eigenvalue weighted by Gasteiger charge is -2.27. The summed E-state index contributed by atoms with van der Waals surface area (Å²) < 4.78 is 22.5. The summed E-state index contributed by atoms with van der Waals surface area (Å²) in [6.45, 7) is 6.81. The van der Waals surface area contributed by atoms with Crippen LogP contribution < -0.4 is 0 Å². The maximum atomic E-state index is 12.7. The molecule has 0 radical (unpaired) electrons. The molecule has 2 aliphatic heterocycles. The van der Waals surface area contributed by atoms with Gasteiger partial charge in [0.2, 0.25) is 0 Å². The fourth-order valence-corrected chi connectivity index (χ4v) is 3.21. The number of rotatable bonds is 6. The van der Waals surface area contributed by atoms with Crippen LogP contribution in [0.1, 0.15) is 33.3 Å². The smallest absolute Gasteiger partial charge is 0.304 e. The van der Waals surface area contributed by atoms with E-state index in [2.05, 4.69) is 0 Å². The van der Waals surface area contributed by atoms with Crippen LogP contribution in [0.4, 0.5) is 0 Å². The molecule has 2 aliphatic rings. The Morgan fingerprint density at radius 3 is 2.46 bits per heavy atom. The Labute approximate surface area is 163 Å². The Kier molecular flexibility index (Phi) is 6.06. The molecule has 9 nitrogen and oxygen atoms in total. The van der Waals surface area contributed by atoms with Gasteiger partial charge in [0.25, 0.3) is 0 Å². The Morgan fingerprint density at radius 2 is 1.86 bits per heavy atom. The standard InChI is InChI=1S/C19H27NO8/c1-18(2)24-11-13(26-18)14(21)15-16(28-19(3,4)27-15)17(22)20(23)25-10-12-8-6-5-7-9-12/h5-9,13-16,21,23H,10-11H2,1-4H3/t13-,14-,15+,16+/m1/s1. The quantitative estimate of drug-likeness (QED) is 0.548. The van der Waals surface area contributed by atoms with E-state index < -0.39 is 41.9 Å². The fourth-order valence-electron chi connectivity index (χ4n) is 3.21. The first kappa shape index (κ1) is 21.1. The van der Waals surface area contributed by atoms with Gasteiger partial charge < -0.3 is 24.1 Å². The number of nitrogens with zero attached hydrogens (tertiary/aromatic N) is 1. The summed E-state index contributed by atoms with van der Waals surface area (Å²) in [4.78, 5) is 17.8. The van der Waals surface area contributed by atoms with E-state index in [1.807, 2.05) is 18.2 Å². The average molecular weight is 397 g/mol. The van der Waals surface area contributed by atoms with Crippen LogP contribution in [0.25, 0.3) is 0 Å². The third kappa shape index (κ3) is 4.87. The fraction of sp³-hybridized carbons (Fsp3) is 0.632. The van der Waals surface area contributed by atoms with Crippen LogP contribution in [0.3, 0.4) is 0 Å². The van der Waals surface area contributed by atoms with Crippen molar-refractivity contribution in [1.29, 1.82) is 0 Å².